The van der Waals surface area contributed by atoms with E-state index in [1.165, 1.54) is 5.56 Å². The zero-order valence-corrected chi connectivity index (χ0v) is 12.8. The zero-order valence-electron chi connectivity index (χ0n) is 12.0. The summed E-state index contributed by atoms with van der Waals surface area (Å²) in [5.74, 6) is 2.34. The molecule has 0 bridgehead atoms. The van der Waals surface area contributed by atoms with Gasteiger partial charge in [0.15, 0.2) is 11.5 Å². The van der Waals surface area contributed by atoms with Crippen LogP contribution in [0.25, 0.3) is 0 Å². The molecule has 0 saturated heterocycles. The highest BCUT2D eigenvalue weighted by atomic mass is 32.2. The van der Waals surface area contributed by atoms with Gasteiger partial charge in [0, 0.05) is 16.3 Å². The number of nitrogens with two attached hydrogens (primary N) is 1. The first-order chi connectivity index (χ1) is 9.65. The molecule has 0 atom stereocenters. The molecule has 2 N–H and O–H groups in total. The lowest BCUT2D eigenvalue weighted by Crippen LogP contribution is -1.94. The number of aryl methyl sites for hydroxylation is 1. The van der Waals surface area contributed by atoms with Gasteiger partial charge in [-0.1, -0.05) is 18.2 Å². The Kier molecular flexibility index (Phi) is 4.79. The topological polar surface area (TPSA) is 44.5 Å². The number of thioether (sulfide) groups is 1. The van der Waals surface area contributed by atoms with E-state index in [2.05, 4.69) is 0 Å². The highest BCUT2D eigenvalue weighted by molar-refractivity contribution is 7.98. The monoisotopic (exact) mass is 289 g/mol. The Balaban J connectivity index is 2.13. The minimum absolute atomic E-state index is 0.747. The van der Waals surface area contributed by atoms with Gasteiger partial charge in [-0.15, -0.1) is 11.8 Å². The van der Waals surface area contributed by atoms with E-state index in [0.29, 0.717) is 0 Å². The lowest BCUT2D eigenvalue weighted by atomic mass is 10.2. The lowest BCUT2D eigenvalue weighted by molar-refractivity contribution is 0.354. The van der Waals surface area contributed by atoms with Gasteiger partial charge in [0.1, 0.15) is 0 Å². The maximum atomic E-state index is 6.08. The summed E-state index contributed by atoms with van der Waals surface area (Å²) in [5.41, 5.74) is 9.23. The molecule has 0 radical (unpaired) electrons. The first kappa shape index (κ1) is 14.6. The third kappa shape index (κ3) is 3.20. The summed E-state index contributed by atoms with van der Waals surface area (Å²) in [4.78, 5) is 1.11. The van der Waals surface area contributed by atoms with Crippen molar-refractivity contribution in [1.82, 2.24) is 0 Å². The van der Waals surface area contributed by atoms with Crippen molar-refractivity contribution >= 4 is 17.4 Å². The Bertz CT molecular complexity index is 599. The normalized spacial score (nSPS) is 10.3. The molecule has 0 aromatic heterocycles. The summed E-state index contributed by atoms with van der Waals surface area (Å²) in [6.45, 7) is 2.02. The Hall–Kier alpha value is -1.81. The average Bonchev–Trinajstić information content (AvgIpc) is 2.48. The summed E-state index contributed by atoms with van der Waals surface area (Å²) in [6, 6.07) is 12.1. The van der Waals surface area contributed by atoms with E-state index in [0.717, 1.165) is 33.4 Å². The van der Waals surface area contributed by atoms with Crippen LogP contribution in [0.5, 0.6) is 11.5 Å². The summed E-state index contributed by atoms with van der Waals surface area (Å²) in [7, 11) is 3.28. The van der Waals surface area contributed by atoms with Crippen molar-refractivity contribution in [3.63, 3.8) is 0 Å². The summed E-state index contributed by atoms with van der Waals surface area (Å²) in [6.07, 6.45) is 0. The molecule has 0 saturated carbocycles. The molecule has 0 aliphatic rings. The standard InChI is InChI=1S/C16H19NO2S/c1-11-5-4-6-15(16(11)17)20-10-12-7-8-13(18-2)14(9-12)19-3/h4-9H,10,17H2,1-3H3. The number of hydrogen-bond donors (Lipinski definition) is 1. The van der Waals surface area contributed by atoms with E-state index in [4.69, 9.17) is 15.2 Å². The zero-order chi connectivity index (χ0) is 14.5. The Labute approximate surface area is 124 Å². The highest BCUT2D eigenvalue weighted by Gasteiger charge is 2.06. The SMILES string of the molecule is COc1ccc(CSc2cccc(C)c2N)cc1OC. The maximum Gasteiger partial charge on any atom is 0.161 e. The molecule has 2 aromatic rings. The summed E-state index contributed by atoms with van der Waals surface area (Å²) in [5, 5.41) is 0. The molecule has 2 aromatic carbocycles. The molecule has 3 nitrogen and oxygen atoms in total. The van der Waals surface area contributed by atoms with E-state index < -0.39 is 0 Å². The van der Waals surface area contributed by atoms with Crippen LogP contribution in [0.15, 0.2) is 41.3 Å². The third-order valence-corrected chi connectivity index (χ3v) is 4.27. The lowest BCUT2D eigenvalue weighted by Gasteiger charge is -2.11. The van der Waals surface area contributed by atoms with Crippen LogP contribution < -0.4 is 15.2 Å². The van der Waals surface area contributed by atoms with Crippen molar-refractivity contribution in [3.8, 4) is 11.5 Å². The number of anilines is 1. The molecular weight excluding hydrogens is 270 g/mol. The van der Waals surface area contributed by atoms with Gasteiger partial charge in [-0.3, -0.25) is 0 Å². The smallest absolute Gasteiger partial charge is 0.161 e. The predicted octanol–water partition coefficient (Wildman–Crippen LogP) is 3.89. The minimum atomic E-state index is 0.747. The second kappa shape index (κ2) is 6.57. The Morgan fingerprint density at radius 3 is 2.50 bits per heavy atom. The van der Waals surface area contributed by atoms with Crippen LogP contribution in [0.1, 0.15) is 11.1 Å². The van der Waals surface area contributed by atoms with Crippen molar-refractivity contribution in [2.24, 2.45) is 0 Å². The van der Waals surface area contributed by atoms with Gasteiger partial charge in [-0.05, 0) is 36.2 Å². The predicted molar refractivity (Wildman–Crippen MR) is 84.7 cm³/mol. The molecule has 0 amide bonds. The number of nitrogen functional groups attached to an aromatic ring is 1. The largest absolute Gasteiger partial charge is 0.493 e. The van der Waals surface area contributed by atoms with Gasteiger partial charge in [-0.25, -0.2) is 0 Å². The molecule has 0 unspecified atom stereocenters. The number of rotatable bonds is 5. The van der Waals surface area contributed by atoms with Crippen LogP contribution in [-0.2, 0) is 5.75 Å². The van der Waals surface area contributed by atoms with E-state index in [9.17, 15) is 0 Å². The van der Waals surface area contributed by atoms with Crippen molar-refractivity contribution in [1.29, 1.82) is 0 Å². The Morgan fingerprint density at radius 1 is 1.05 bits per heavy atom. The molecular formula is C16H19NO2S. The van der Waals surface area contributed by atoms with Crippen LogP contribution in [0, 0.1) is 6.92 Å². The maximum absolute atomic E-state index is 6.08. The molecule has 4 heteroatoms. The molecule has 0 heterocycles. The molecule has 2 rings (SSSR count). The fraction of sp³-hybridized carbons (Fsp3) is 0.250. The van der Waals surface area contributed by atoms with Crippen molar-refractivity contribution in [2.75, 3.05) is 20.0 Å². The van der Waals surface area contributed by atoms with Crippen molar-refractivity contribution < 1.29 is 9.47 Å². The molecule has 0 aliphatic heterocycles. The van der Waals surface area contributed by atoms with Crippen LogP contribution in [-0.4, -0.2) is 14.2 Å². The van der Waals surface area contributed by atoms with E-state index in [1.807, 2.05) is 43.3 Å². The molecule has 20 heavy (non-hydrogen) atoms. The van der Waals surface area contributed by atoms with Crippen LogP contribution in [0.4, 0.5) is 5.69 Å². The van der Waals surface area contributed by atoms with Gasteiger partial charge < -0.3 is 15.2 Å². The number of benzene rings is 2. The number of para-hydroxylation sites is 1. The van der Waals surface area contributed by atoms with E-state index in [-0.39, 0.29) is 0 Å². The number of ether oxygens (including phenoxy) is 2. The van der Waals surface area contributed by atoms with Gasteiger partial charge in [0.25, 0.3) is 0 Å². The summed E-state index contributed by atoms with van der Waals surface area (Å²) < 4.78 is 10.5. The number of hydrogen-bond acceptors (Lipinski definition) is 4. The van der Waals surface area contributed by atoms with Crippen LogP contribution in [0.2, 0.25) is 0 Å². The molecule has 0 aliphatic carbocycles. The van der Waals surface area contributed by atoms with Crippen LogP contribution >= 0.6 is 11.8 Å². The highest BCUT2D eigenvalue weighted by Crippen LogP contribution is 2.33. The van der Waals surface area contributed by atoms with Gasteiger partial charge >= 0.3 is 0 Å². The summed E-state index contributed by atoms with van der Waals surface area (Å²) >= 11 is 1.73. The fourth-order valence-electron chi connectivity index (χ4n) is 1.91. The van der Waals surface area contributed by atoms with Crippen LogP contribution in [0.3, 0.4) is 0 Å². The molecule has 106 valence electrons. The first-order valence-electron chi connectivity index (χ1n) is 6.34. The minimum Gasteiger partial charge on any atom is -0.493 e. The van der Waals surface area contributed by atoms with Gasteiger partial charge in [-0.2, -0.15) is 0 Å². The van der Waals surface area contributed by atoms with E-state index >= 15 is 0 Å². The second-order valence-electron chi connectivity index (χ2n) is 4.46. The number of methoxy groups -OCH3 is 2. The first-order valence-corrected chi connectivity index (χ1v) is 7.33. The van der Waals surface area contributed by atoms with Gasteiger partial charge in [0.2, 0.25) is 0 Å². The average molecular weight is 289 g/mol. The van der Waals surface area contributed by atoms with Gasteiger partial charge in [0.05, 0.1) is 14.2 Å². The molecule has 0 spiro atoms. The second-order valence-corrected chi connectivity index (χ2v) is 5.48. The fourth-order valence-corrected chi connectivity index (χ4v) is 2.90. The quantitative estimate of drug-likeness (QED) is 0.670. The third-order valence-electron chi connectivity index (χ3n) is 3.13. The van der Waals surface area contributed by atoms with E-state index in [1.54, 1.807) is 26.0 Å². The molecule has 0 fully saturated rings. The Morgan fingerprint density at radius 2 is 1.80 bits per heavy atom. The van der Waals surface area contributed by atoms with Crippen molar-refractivity contribution in [3.05, 3.63) is 47.5 Å². The van der Waals surface area contributed by atoms with Crippen molar-refractivity contribution in [2.45, 2.75) is 17.6 Å².